The van der Waals surface area contributed by atoms with E-state index in [0.717, 1.165) is 22.6 Å². The predicted molar refractivity (Wildman–Crippen MR) is 131 cm³/mol. The molecule has 0 aliphatic carbocycles. The van der Waals surface area contributed by atoms with Crippen LogP contribution in [-0.2, 0) is 25.2 Å². The molecule has 2 unspecified atom stereocenters. The maximum Gasteiger partial charge on any atom is 0.416 e. The predicted octanol–water partition coefficient (Wildman–Crippen LogP) is 5.72. The minimum atomic E-state index is -4.48. The summed E-state index contributed by atoms with van der Waals surface area (Å²) in [6.45, 7) is 4.37. The van der Waals surface area contributed by atoms with Crippen molar-refractivity contribution in [3.63, 3.8) is 0 Å². The molecule has 1 N–H and O–H groups in total. The quantitative estimate of drug-likeness (QED) is 0.344. The number of carboxylic acids is 1. The number of ether oxygens (including phenoxy) is 3. The van der Waals surface area contributed by atoms with Gasteiger partial charge in [-0.2, -0.15) is 13.2 Å². The lowest BCUT2D eigenvalue weighted by Crippen LogP contribution is -2.48. The lowest BCUT2D eigenvalue weighted by Gasteiger charge is -2.30. The van der Waals surface area contributed by atoms with Gasteiger partial charge in [0, 0.05) is 20.0 Å². The van der Waals surface area contributed by atoms with Crippen molar-refractivity contribution in [1.29, 1.82) is 0 Å². The van der Waals surface area contributed by atoms with Crippen molar-refractivity contribution in [2.75, 3.05) is 20.2 Å². The van der Waals surface area contributed by atoms with E-state index in [9.17, 15) is 32.7 Å². The van der Waals surface area contributed by atoms with Crippen molar-refractivity contribution in [3.8, 4) is 5.75 Å². The van der Waals surface area contributed by atoms with Gasteiger partial charge >= 0.3 is 24.2 Å². The first-order chi connectivity index (χ1) is 17.8. The van der Waals surface area contributed by atoms with Crippen LogP contribution in [0.25, 0.3) is 0 Å². The number of aliphatic carboxylic acids is 1. The standard InChI is InChI=1S/C27H32F3NO7/c1-5-17-36-23(32)22(26(2,3)24(33)34)38-25(35)31(4)16-15-21(18-9-7-6-8-10-18)37-20-13-11-19(12-14-20)27(28,29)30/h6-14,21-22H,5,15-17H2,1-4H3,(H,33,34). The summed E-state index contributed by atoms with van der Waals surface area (Å²) >= 11 is 0. The number of carboxylic acid groups (broad SMARTS) is 1. The zero-order valence-corrected chi connectivity index (χ0v) is 21.7. The topological polar surface area (TPSA) is 102 Å². The van der Waals surface area contributed by atoms with Crippen LogP contribution in [0.1, 0.15) is 50.8 Å². The minimum absolute atomic E-state index is 0.0401. The summed E-state index contributed by atoms with van der Waals surface area (Å²) in [6.07, 6.45) is -7.03. The highest BCUT2D eigenvalue weighted by Gasteiger charge is 2.46. The highest BCUT2D eigenvalue weighted by atomic mass is 19.4. The smallest absolute Gasteiger partial charge is 0.416 e. The molecule has 2 aromatic rings. The van der Waals surface area contributed by atoms with Crippen molar-refractivity contribution >= 4 is 18.0 Å². The average molecular weight is 540 g/mol. The normalized spacial score (nSPS) is 13.2. The molecule has 0 bridgehead atoms. The first-order valence-corrected chi connectivity index (χ1v) is 12.0. The molecule has 1 amide bonds. The Morgan fingerprint density at radius 1 is 1.00 bits per heavy atom. The SMILES string of the molecule is CCCOC(=O)C(OC(=O)N(C)CCC(Oc1ccc(C(F)(F)F)cc1)c1ccccc1)C(C)(C)C(=O)O. The van der Waals surface area contributed by atoms with Crippen LogP contribution in [-0.4, -0.2) is 54.3 Å². The van der Waals surface area contributed by atoms with Crippen LogP contribution in [0.5, 0.6) is 5.75 Å². The van der Waals surface area contributed by atoms with Crippen molar-refractivity contribution in [2.45, 2.75) is 52.0 Å². The Bertz CT molecular complexity index is 1070. The van der Waals surface area contributed by atoms with Crippen LogP contribution in [0, 0.1) is 5.41 Å². The number of hydrogen-bond acceptors (Lipinski definition) is 6. The fourth-order valence-electron chi connectivity index (χ4n) is 3.32. The van der Waals surface area contributed by atoms with Gasteiger partial charge in [-0.1, -0.05) is 37.3 Å². The number of rotatable bonds is 12. The van der Waals surface area contributed by atoms with Gasteiger partial charge < -0.3 is 24.2 Å². The Hall–Kier alpha value is -3.76. The number of nitrogens with zero attached hydrogens (tertiary/aromatic N) is 1. The number of benzene rings is 2. The van der Waals surface area contributed by atoms with Gasteiger partial charge in [0.05, 0.1) is 12.2 Å². The molecule has 11 heteroatoms. The maximum absolute atomic E-state index is 12.9. The number of carbonyl (C=O) groups is 3. The molecule has 0 fully saturated rings. The van der Waals surface area contributed by atoms with Crippen LogP contribution < -0.4 is 4.74 Å². The van der Waals surface area contributed by atoms with E-state index < -0.39 is 47.4 Å². The number of halogens is 3. The third-order valence-corrected chi connectivity index (χ3v) is 5.76. The lowest BCUT2D eigenvalue weighted by molar-refractivity contribution is -0.171. The third-order valence-electron chi connectivity index (χ3n) is 5.76. The molecular formula is C27H32F3NO7. The van der Waals surface area contributed by atoms with Crippen molar-refractivity contribution in [2.24, 2.45) is 5.41 Å². The molecule has 0 heterocycles. The Morgan fingerprint density at radius 3 is 2.13 bits per heavy atom. The van der Waals surface area contributed by atoms with Crippen LogP contribution in [0.4, 0.5) is 18.0 Å². The molecule has 0 radical (unpaired) electrons. The highest BCUT2D eigenvalue weighted by Crippen LogP contribution is 2.32. The summed E-state index contributed by atoms with van der Waals surface area (Å²) in [7, 11) is 1.41. The van der Waals surface area contributed by atoms with Gasteiger partial charge in [-0.15, -0.1) is 0 Å². The molecule has 0 aliphatic heterocycles. The van der Waals surface area contributed by atoms with Crippen molar-refractivity contribution < 1.29 is 46.9 Å². The number of esters is 1. The zero-order valence-electron chi connectivity index (χ0n) is 21.7. The maximum atomic E-state index is 12.9. The number of alkyl halides is 3. The van der Waals surface area contributed by atoms with Crippen molar-refractivity contribution in [3.05, 3.63) is 65.7 Å². The second-order valence-corrected chi connectivity index (χ2v) is 9.21. The van der Waals surface area contributed by atoms with Gasteiger partial charge in [-0.05, 0) is 50.1 Å². The van der Waals surface area contributed by atoms with Crippen LogP contribution in [0.15, 0.2) is 54.6 Å². The number of hydrogen-bond donors (Lipinski definition) is 1. The van der Waals surface area contributed by atoms with Gasteiger partial charge in [0.15, 0.2) is 0 Å². The summed E-state index contributed by atoms with van der Waals surface area (Å²) in [4.78, 5) is 38.2. The van der Waals surface area contributed by atoms with Crippen LogP contribution in [0.3, 0.4) is 0 Å². The Labute approximate surface area is 219 Å². The summed E-state index contributed by atoms with van der Waals surface area (Å²) in [5.74, 6) is -2.10. The molecule has 0 aromatic heterocycles. The molecule has 208 valence electrons. The molecule has 2 atom stereocenters. The molecule has 2 rings (SSSR count). The number of carbonyl (C=O) groups excluding carboxylic acids is 2. The average Bonchev–Trinajstić information content (AvgIpc) is 2.87. The van der Waals surface area contributed by atoms with Crippen LogP contribution >= 0.6 is 0 Å². The van der Waals surface area contributed by atoms with Gasteiger partial charge in [0.2, 0.25) is 6.10 Å². The summed E-state index contributed by atoms with van der Waals surface area (Å²) in [5, 5.41) is 9.55. The van der Waals surface area contributed by atoms with Gasteiger partial charge in [0.1, 0.15) is 17.3 Å². The largest absolute Gasteiger partial charge is 0.486 e. The van der Waals surface area contributed by atoms with E-state index in [2.05, 4.69) is 0 Å². The lowest BCUT2D eigenvalue weighted by atomic mass is 9.86. The van der Waals surface area contributed by atoms with E-state index in [1.54, 1.807) is 37.3 Å². The Kier molecular flexibility index (Phi) is 10.5. The summed E-state index contributed by atoms with van der Waals surface area (Å²) in [6, 6.07) is 13.2. The minimum Gasteiger partial charge on any atom is -0.486 e. The molecule has 0 aliphatic rings. The zero-order chi connectivity index (χ0) is 28.5. The second kappa shape index (κ2) is 13.2. The first-order valence-electron chi connectivity index (χ1n) is 12.0. The number of amides is 1. The fourth-order valence-corrected chi connectivity index (χ4v) is 3.32. The molecule has 0 saturated carbocycles. The molecule has 0 saturated heterocycles. The van der Waals surface area contributed by atoms with E-state index in [-0.39, 0.29) is 25.3 Å². The van der Waals surface area contributed by atoms with Gasteiger partial charge in [0.25, 0.3) is 0 Å². The van der Waals surface area contributed by atoms with Crippen LogP contribution in [0.2, 0.25) is 0 Å². The van der Waals surface area contributed by atoms with E-state index >= 15 is 0 Å². The third kappa shape index (κ3) is 8.39. The molecule has 2 aromatic carbocycles. The van der Waals surface area contributed by atoms with Gasteiger partial charge in [-0.3, -0.25) is 4.79 Å². The highest BCUT2D eigenvalue weighted by molar-refractivity contribution is 5.87. The molecule has 38 heavy (non-hydrogen) atoms. The monoisotopic (exact) mass is 539 g/mol. The van der Waals surface area contributed by atoms with E-state index in [0.29, 0.717) is 6.42 Å². The Morgan fingerprint density at radius 2 is 1.61 bits per heavy atom. The van der Waals surface area contributed by atoms with E-state index in [1.807, 2.05) is 0 Å². The molecular weight excluding hydrogens is 507 g/mol. The van der Waals surface area contributed by atoms with Crippen molar-refractivity contribution in [1.82, 2.24) is 4.90 Å². The van der Waals surface area contributed by atoms with E-state index in [1.165, 1.54) is 33.0 Å². The first kappa shape index (κ1) is 30.5. The fraction of sp³-hybridized carbons (Fsp3) is 0.444. The Balaban J connectivity index is 2.14. The van der Waals surface area contributed by atoms with Gasteiger partial charge in [-0.25, -0.2) is 9.59 Å². The molecule has 0 spiro atoms. The summed E-state index contributed by atoms with van der Waals surface area (Å²) in [5.41, 5.74) is -1.83. The molecule has 8 nitrogen and oxygen atoms in total. The summed E-state index contributed by atoms with van der Waals surface area (Å²) < 4.78 is 55.0. The second-order valence-electron chi connectivity index (χ2n) is 9.21. The van der Waals surface area contributed by atoms with E-state index in [4.69, 9.17) is 14.2 Å².